The number of aryl methyl sites for hydroxylation is 1. The number of quaternary nitrogens is 1. The standard InChI is InChI=1S/C33H37N7O5/c1-21-18-22(19-27-29(21)37-38-36-27)20-28(30(41)39-14-9-23(10-15-39)25-7-4-5-13-34-25)44-32(43)40-16-11-33(12-17-40)24-6-2-3-8-26(24)35-31(42)45-33/h2-8,13,18-19,23,28,36-38H,9-12,14-17,20H2,1H3,(H,35,42)/p+1. The molecule has 3 amide bonds. The molecular weight excluding hydrogens is 574 g/mol. The highest BCUT2D eigenvalue weighted by molar-refractivity contribution is 5.89. The third-order valence-corrected chi connectivity index (χ3v) is 9.47. The van der Waals surface area contributed by atoms with Gasteiger partial charge in [0.15, 0.2) is 11.8 Å². The molecule has 1 atom stereocenters. The number of hydrogen-bond acceptors (Lipinski definition) is 8. The summed E-state index contributed by atoms with van der Waals surface area (Å²) in [6.45, 7) is 3.83. The second kappa shape index (κ2) is 12.0. The minimum Gasteiger partial charge on any atom is -0.438 e. The lowest BCUT2D eigenvalue weighted by Crippen LogP contribution is -2.86. The lowest BCUT2D eigenvalue weighted by molar-refractivity contribution is -0.620. The molecule has 1 unspecified atom stereocenters. The topological polar surface area (TPSA) is 142 Å². The summed E-state index contributed by atoms with van der Waals surface area (Å²) in [6, 6.07) is 17.6. The number of likely N-dealkylation sites (tertiary alicyclic amines) is 2. The number of nitrogens with one attached hydrogen (secondary N) is 3. The Morgan fingerprint density at radius 2 is 1.84 bits per heavy atom. The van der Waals surface area contributed by atoms with Gasteiger partial charge in [0.1, 0.15) is 11.3 Å². The Balaban J connectivity index is 1.06. The first-order valence-corrected chi connectivity index (χ1v) is 15.6. The van der Waals surface area contributed by atoms with Gasteiger partial charge in [0.2, 0.25) is 0 Å². The molecule has 2 saturated heterocycles. The molecule has 12 nitrogen and oxygen atoms in total. The summed E-state index contributed by atoms with van der Waals surface area (Å²) in [5.74, 6) is 0.108. The molecule has 12 heteroatoms. The minimum atomic E-state index is -0.975. The van der Waals surface area contributed by atoms with Crippen LogP contribution in [0.2, 0.25) is 0 Å². The second-order valence-corrected chi connectivity index (χ2v) is 12.3. The number of aromatic nitrogens is 1. The van der Waals surface area contributed by atoms with Crippen molar-refractivity contribution in [3.05, 3.63) is 83.2 Å². The van der Waals surface area contributed by atoms with Gasteiger partial charge >= 0.3 is 12.2 Å². The number of hydrazine groups is 1. The SMILES string of the molecule is Cc1cc(CC(OC(=O)N2CCC3(CC2)OC(=O)Nc2ccccc23)C(=O)N2CCC(c3ccccn3)CC2)cc2c1NN[NH2+]2. The van der Waals surface area contributed by atoms with Crippen LogP contribution in [0.4, 0.5) is 26.7 Å². The summed E-state index contributed by atoms with van der Waals surface area (Å²) in [6.07, 6.45) is 2.55. The highest BCUT2D eigenvalue weighted by atomic mass is 16.6. The number of benzene rings is 2. The number of carbonyl (C=O) groups excluding carboxylic acids is 3. The van der Waals surface area contributed by atoms with Crippen molar-refractivity contribution >= 4 is 35.2 Å². The van der Waals surface area contributed by atoms with Gasteiger partial charge in [-0.25, -0.2) is 15.0 Å². The maximum absolute atomic E-state index is 14.0. The Morgan fingerprint density at radius 3 is 2.62 bits per heavy atom. The zero-order valence-corrected chi connectivity index (χ0v) is 25.3. The third-order valence-electron chi connectivity index (χ3n) is 9.47. The first-order chi connectivity index (χ1) is 21.9. The molecule has 5 N–H and O–H groups in total. The van der Waals surface area contributed by atoms with Gasteiger partial charge in [0.05, 0.1) is 5.69 Å². The first-order valence-electron chi connectivity index (χ1n) is 15.6. The van der Waals surface area contributed by atoms with Gasteiger partial charge in [-0.2, -0.15) is 0 Å². The normalized spacial score (nSPS) is 19.5. The van der Waals surface area contributed by atoms with Gasteiger partial charge in [-0.05, 0) is 49.1 Å². The molecule has 1 aromatic heterocycles. The predicted octanol–water partition coefficient (Wildman–Crippen LogP) is 3.44. The number of rotatable bonds is 5. The maximum Gasteiger partial charge on any atom is 0.412 e. The number of carbonyl (C=O) groups is 3. The molecule has 234 valence electrons. The number of nitrogens with zero attached hydrogens (tertiary/aromatic N) is 3. The molecule has 0 saturated carbocycles. The van der Waals surface area contributed by atoms with Crippen LogP contribution in [0.1, 0.15) is 54.0 Å². The number of amides is 3. The molecule has 1 spiro atoms. The average molecular weight is 613 g/mol. The van der Waals surface area contributed by atoms with Crippen LogP contribution in [-0.2, 0) is 26.3 Å². The summed E-state index contributed by atoms with van der Waals surface area (Å²) >= 11 is 0. The average Bonchev–Trinajstić information content (AvgIpc) is 3.54. The molecule has 7 rings (SSSR count). The zero-order chi connectivity index (χ0) is 31.0. The van der Waals surface area contributed by atoms with Gasteiger partial charge in [0, 0.05) is 74.9 Å². The molecule has 2 aromatic carbocycles. The summed E-state index contributed by atoms with van der Waals surface area (Å²) in [5.41, 5.74) is 13.9. The third kappa shape index (κ3) is 5.78. The molecule has 3 aromatic rings. The summed E-state index contributed by atoms with van der Waals surface area (Å²) in [4.78, 5) is 48.0. The number of pyridine rings is 1. The van der Waals surface area contributed by atoms with E-state index in [0.717, 1.165) is 52.3 Å². The molecule has 2 fully saturated rings. The number of anilines is 2. The summed E-state index contributed by atoms with van der Waals surface area (Å²) < 4.78 is 11.9. The zero-order valence-electron chi connectivity index (χ0n) is 25.3. The second-order valence-electron chi connectivity index (χ2n) is 12.3. The van der Waals surface area contributed by atoms with E-state index in [0.29, 0.717) is 44.9 Å². The summed E-state index contributed by atoms with van der Waals surface area (Å²) in [7, 11) is 0. The van der Waals surface area contributed by atoms with E-state index in [2.05, 4.69) is 21.3 Å². The Kier molecular flexibility index (Phi) is 7.76. The molecule has 0 radical (unpaired) electrons. The van der Waals surface area contributed by atoms with Crippen LogP contribution in [-0.4, -0.2) is 65.2 Å². The van der Waals surface area contributed by atoms with E-state index < -0.39 is 23.9 Å². The predicted molar refractivity (Wildman–Crippen MR) is 165 cm³/mol. The van der Waals surface area contributed by atoms with Crippen molar-refractivity contribution in [2.75, 3.05) is 36.9 Å². The molecule has 4 aliphatic rings. The molecular formula is C33H38N7O5+. The fourth-order valence-corrected chi connectivity index (χ4v) is 7.07. The van der Waals surface area contributed by atoms with Crippen molar-refractivity contribution < 1.29 is 29.3 Å². The van der Waals surface area contributed by atoms with Crippen LogP contribution >= 0.6 is 0 Å². The lowest BCUT2D eigenvalue weighted by Gasteiger charge is -2.44. The highest BCUT2D eigenvalue weighted by Gasteiger charge is 2.45. The molecule has 5 heterocycles. The van der Waals surface area contributed by atoms with Crippen molar-refractivity contribution in [2.45, 2.75) is 56.7 Å². The van der Waals surface area contributed by atoms with Crippen molar-refractivity contribution in [3.63, 3.8) is 0 Å². The molecule has 0 bridgehead atoms. The van der Waals surface area contributed by atoms with Crippen LogP contribution in [0, 0.1) is 6.92 Å². The number of piperidine rings is 2. The Morgan fingerprint density at radius 1 is 1.07 bits per heavy atom. The van der Waals surface area contributed by atoms with E-state index >= 15 is 0 Å². The molecule has 0 aliphatic carbocycles. The van der Waals surface area contributed by atoms with Crippen LogP contribution in [0.3, 0.4) is 0 Å². The van der Waals surface area contributed by atoms with Crippen LogP contribution in [0.25, 0.3) is 0 Å². The van der Waals surface area contributed by atoms with Gasteiger partial charge < -0.3 is 19.3 Å². The maximum atomic E-state index is 14.0. The lowest BCUT2D eigenvalue weighted by atomic mass is 9.82. The number of hydrogen-bond donors (Lipinski definition) is 4. The highest BCUT2D eigenvalue weighted by Crippen LogP contribution is 2.43. The fourth-order valence-electron chi connectivity index (χ4n) is 7.07. The van der Waals surface area contributed by atoms with E-state index in [9.17, 15) is 14.4 Å². The monoisotopic (exact) mass is 612 g/mol. The number of para-hydroxylation sites is 1. The Bertz CT molecular complexity index is 1600. The number of ether oxygens (including phenoxy) is 2. The quantitative estimate of drug-likeness (QED) is 0.254. The van der Waals surface area contributed by atoms with Crippen molar-refractivity contribution in [1.82, 2.24) is 20.3 Å². The summed E-state index contributed by atoms with van der Waals surface area (Å²) in [5, 5.41) is 2.77. The van der Waals surface area contributed by atoms with E-state index in [1.807, 2.05) is 71.8 Å². The number of nitrogens with two attached hydrogens (primary N) is 1. The molecule has 4 aliphatic heterocycles. The van der Waals surface area contributed by atoms with E-state index in [-0.39, 0.29) is 12.3 Å². The van der Waals surface area contributed by atoms with Crippen LogP contribution < -0.4 is 21.7 Å². The minimum absolute atomic E-state index is 0.184. The van der Waals surface area contributed by atoms with Gasteiger partial charge in [-0.3, -0.25) is 20.5 Å². The Labute approximate surface area is 261 Å². The number of fused-ring (bicyclic) bond motifs is 3. The van der Waals surface area contributed by atoms with Crippen molar-refractivity contribution in [1.29, 1.82) is 0 Å². The van der Waals surface area contributed by atoms with Crippen LogP contribution in [0.5, 0.6) is 0 Å². The first kappa shape index (κ1) is 29.1. The molecule has 45 heavy (non-hydrogen) atoms. The van der Waals surface area contributed by atoms with Crippen LogP contribution in [0.15, 0.2) is 60.8 Å². The van der Waals surface area contributed by atoms with E-state index in [4.69, 9.17) is 9.47 Å². The van der Waals surface area contributed by atoms with Crippen molar-refractivity contribution in [2.24, 2.45) is 0 Å². The van der Waals surface area contributed by atoms with Gasteiger partial charge in [0.25, 0.3) is 5.91 Å². The Hall–Kier alpha value is -4.68. The van der Waals surface area contributed by atoms with E-state index in [1.54, 1.807) is 11.1 Å². The van der Waals surface area contributed by atoms with Gasteiger partial charge in [-0.15, -0.1) is 0 Å². The van der Waals surface area contributed by atoms with Crippen molar-refractivity contribution in [3.8, 4) is 0 Å². The fraction of sp³-hybridized carbons (Fsp3) is 0.394. The van der Waals surface area contributed by atoms with Gasteiger partial charge in [-0.1, -0.05) is 35.9 Å². The smallest absolute Gasteiger partial charge is 0.412 e. The largest absolute Gasteiger partial charge is 0.438 e. The van der Waals surface area contributed by atoms with E-state index in [1.165, 1.54) is 0 Å².